The Bertz CT molecular complexity index is 498. The lowest BCUT2D eigenvalue weighted by atomic mass is 10.4. The van der Waals surface area contributed by atoms with Crippen molar-refractivity contribution in [3.05, 3.63) is 29.3 Å². The molecule has 0 radical (unpaired) electrons. The molecule has 0 aliphatic rings. The second-order valence-corrected chi connectivity index (χ2v) is 5.53. The van der Waals surface area contributed by atoms with Crippen LogP contribution in [0.1, 0.15) is 6.92 Å². The summed E-state index contributed by atoms with van der Waals surface area (Å²) in [5, 5.41) is 0.419. The molecule has 0 aliphatic carbocycles. The molecular weight excluding hydrogens is 266 g/mol. The van der Waals surface area contributed by atoms with Gasteiger partial charge in [-0.05, 0) is 31.2 Å². The number of carbonyl (C=O) groups excluding carboxylic acids is 1. The maximum absolute atomic E-state index is 11.9. The first-order valence-corrected chi connectivity index (χ1v) is 6.62. The van der Waals surface area contributed by atoms with E-state index in [2.05, 4.69) is 4.74 Å². The molecule has 5 nitrogen and oxygen atoms in total. The van der Waals surface area contributed by atoms with Crippen LogP contribution in [0.3, 0.4) is 0 Å². The zero-order chi connectivity index (χ0) is 13.1. The van der Waals surface area contributed by atoms with Crippen LogP contribution in [0.15, 0.2) is 29.2 Å². The average molecular weight is 278 g/mol. The number of nitrogens with zero attached hydrogens (tertiary/aromatic N) is 1. The molecule has 1 aromatic rings. The molecule has 17 heavy (non-hydrogen) atoms. The maximum atomic E-state index is 11.9. The summed E-state index contributed by atoms with van der Waals surface area (Å²) in [6, 6.07) is 5.53. The normalized spacial score (nSPS) is 11.0. The number of hydrogen-bond acceptors (Lipinski definition) is 4. The SMILES string of the molecule is CCOC(=O)N(C)S(=O)(=O)c1ccc(Cl)cc1. The summed E-state index contributed by atoms with van der Waals surface area (Å²) in [5.41, 5.74) is 0. The Labute approximate surface area is 105 Å². The summed E-state index contributed by atoms with van der Waals surface area (Å²) in [4.78, 5) is 11.3. The van der Waals surface area contributed by atoms with Gasteiger partial charge in [0.2, 0.25) is 0 Å². The van der Waals surface area contributed by atoms with E-state index in [1.165, 1.54) is 24.3 Å². The van der Waals surface area contributed by atoms with Crippen molar-refractivity contribution >= 4 is 27.7 Å². The first-order valence-electron chi connectivity index (χ1n) is 4.81. The minimum Gasteiger partial charge on any atom is -0.449 e. The van der Waals surface area contributed by atoms with Crippen LogP contribution in [-0.2, 0) is 14.8 Å². The lowest BCUT2D eigenvalue weighted by molar-refractivity contribution is 0.136. The van der Waals surface area contributed by atoms with Crippen LogP contribution in [0, 0.1) is 0 Å². The topological polar surface area (TPSA) is 63.7 Å². The van der Waals surface area contributed by atoms with Gasteiger partial charge in [-0.15, -0.1) is 0 Å². The molecule has 0 aliphatic heterocycles. The fourth-order valence-corrected chi connectivity index (χ4v) is 2.25. The molecule has 0 heterocycles. The maximum Gasteiger partial charge on any atom is 0.423 e. The molecule has 94 valence electrons. The van der Waals surface area contributed by atoms with E-state index in [-0.39, 0.29) is 11.5 Å². The molecule has 0 bridgehead atoms. The number of hydrogen-bond donors (Lipinski definition) is 0. The van der Waals surface area contributed by atoms with Crippen molar-refractivity contribution in [1.29, 1.82) is 0 Å². The quantitative estimate of drug-likeness (QED) is 0.849. The van der Waals surface area contributed by atoms with E-state index in [9.17, 15) is 13.2 Å². The first-order chi connectivity index (χ1) is 7.89. The molecule has 0 atom stereocenters. The zero-order valence-corrected chi connectivity index (χ0v) is 11.0. The van der Waals surface area contributed by atoms with Gasteiger partial charge < -0.3 is 4.74 Å². The van der Waals surface area contributed by atoms with Gasteiger partial charge >= 0.3 is 6.09 Å². The van der Waals surface area contributed by atoms with Gasteiger partial charge in [-0.25, -0.2) is 17.5 Å². The smallest absolute Gasteiger partial charge is 0.423 e. The molecule has 0 fully saturated rings. The Morgan fingerprint density at radius 2 is 1.88 bits per heavy atom. The van der Waals surface area contributed by atoms with E-state index in [4.69, 9.17) is 11.6 Å². The van der Waals surface area contributed by atoms with Crippen LogP contribution in [0.4, 0.5) is 4.79 Å². The lowest BCUT2D eigenvalue weighted by Gasteiger charge is -2.16. The van der Waals surface area contributed by atoms with E-state index < -0.39 is 16.1 Å². The van der Waals surface area contributed by atoms with Crippen LogP contribution >= 0.6 is 11.6 Å². The lowest BCUT2D eigenvalue weighted by Crippen LogP contribution is -2.33. The van der Waals surface area contributed by atoms with Crippen molar-refractivity contribution in [2.45, 2.75) is 11.8 Å². The van der Waals surface area contributed by atoms with Crippen LogP contribution in [0.5, 0.6) is 0 Å². The van der Waals surface area contributed by atoms with E-state index in [1.807, 2.05) is 0 Å². The Hall–Kier alpha value is -1.27. The monoisotopic (exact) mass is 277 g/mol. The highest BCUT2D eigenvalue weighted by Crippen LogP contribution is 2.17. The molecule has 0 unspecified atom stereocenters. The number of ether oxygens (including phenoxy) is 1. The fraction of sp³-hybridized carbons (Fsp3) is 0.300. The van der Waals surface area contributed by atoms with Crippen LogP contribution < -0.4 is 0 Å². The third kappa shape index (κ3) is 3.10. The van der Waals surface area contributed by atoms with Gasteiger partial charge in [-0.1, -0.05) is 11.6 Å². The summed E-state index contributed by atoms with van der Waals surface area (Å²) in [6.45, 7) is 1.71. The number of benzene rings is 1. The summed E-state index contributed by atoms with van der Waals surface area (Å²) >= 11 is 5.65. The van der Waals surface area contributed by atoms with Gasteiger partial charge in [0.25, 0.3) is 10.0 Å². The molecule has 1 rings (SSSR count). The van der Waals surface area contributed by atoms with Crippen LogP contribution in [0.25, 0.3) is 0 Å². The highest BCUT2D eigenvalue weighted by atomic mass is 35.5. The van der Waals surface area contributed by atoms with E-state index >= 15 is 0 Å². The molecule has 7 heteroatoms. The molecule has 0 aromatic heterocycles. The Balaban J connectivity index is 3.03. The van der Waals surface area contributed by atoms with Crippen molar-refractivity contribution in [2.75, 3.05) is 13.7 Å². The number of amides is 1. The van der Waals surface area contributed by atoms with E-state index in [0.717, 1.165) is 7.05 Å². The Kier molecular flexibility index (Phi) is 4.36. The van der Waals surface area contributed by atoms with Gasteiger partial charge in [0.15, 0.2) is 0 Å². The van der Waals surface area contributed by atoms with Crippen molar-refractivity contribution in [1.82, 2.24) is 4.31 Å². The standard InChI is InChI=1S/C10H12ClNO4S/c1-3-16-10(13)12(2)17(14,15)9-6-4-8(11)5-7-9/h4-7H,3H2,1-2H3. The molecule has 1 aromatic carbocycles. The van der Waals surface area contributed by atoms with Gasteiger partial charge in [0.1, 0.15) is 0 Å². The van der Waals surface area contributed by atoms with Gasteiger partial charge in [-0.2, -0.15) is 0 Å². The predicted molar refractivity (Wildman–Crippen MR) is 63.4 cm³/mol. The highest BCUT2D eigenvalue weighted by Gasteiger charge is 2.26. The van der Waals surface area contributed by atoms with Crippen molar-refractivity contribution < 1.29 is 17.9 Å². The van der Waals surface area contributed by atoms with Crippen LogP contribution in [0.2, 0.25) is 5.02 Å². The minimum absolute atomic E-state index is 0.0162. The number of carbonyl (C=O) groups is 1. The summed E-state index contributed by atoms with van der Waals surface area (Å²) in [5.74, 6) is 0. The van der Waals surface area contributed by atoms with E-state index in [1.54, 1.807) is 6.92 Å². The molecule has 0 saturated carbocycles. The third-order valence-electron chi connectivity index (χ3n) is 2.00. The Morgan fingerprint density at radius 1 is 1.35 bits per heavy atom. The van der Waals surface area contributed by atoms with Gasteiger partial charge in [-0.3, -0.25) is 0 Å². The second kappa shape index (κ2) is 5.37. The van der Waals surface area contributed by atoms with Crippen molar-refractivity contribution in [2.24, 2.45) is 0 Å². The molecule has 0 spiro atoms. The minimum atomic E-state index is -3.88. The number of halogens is 1. The zero-order valence-electron chi connectivity index (χ0n) is 9.38. The Morgan fingerprint density at radius 3 is 2.35 bits per heavy atom. The second-order valence-electron chi connectivity index (χ2n) is 3.13. The highest BCUT2D eigenvalue weighted by molar-refractivity contribution is 7.89. The molecular formula is C10H12ClNO4S. The van der Waals surface area contributed by atoms with Crippen molar-refractivity contribution in [3.63, 3.8) is 0 Å². The molecule has 0 N–H and O–H groups in total. The fourth-order valence-electron chi connectivity index (χ4n) is 1.08. The summed E-state index contributed by atoms with van der Waals surface area (Å²) in [6.07, 6.45) is -0.914. The van der Waals surface area contributed by atoms with Crippen molar-refractivity contribution in [3.8, 4) is 0 Å². The summed E-state index contributed by atoms with van der Waals surface area (Å²) in [7, 11) is -2.74. The number of rotatable bonds is 3. The average Bonchev–Trinajstić information content (AvgIpc) is 2.29. The predicted octanol–water partition coefficient (Wildman–Crippen LogP) is 2.12. The van der Waals surface area contributed by atoms with Gasteiger partial charge in [0.05, 0.1) is 11.5 Å². The molecule has 1 amide bonds. The first kappa shape index (κ1) is 13.8. The summed E-state index contributed by atoms with van der Waals surface area (Å²) < 4.78 is 29.1. The van der Waals surface area contributed by atoms with Gasteiger partial charge in [0, 0.05) is 12.1 Å². The molecule has 0 saturated heterocycles. The van der Waals surface area contributed by atoms with Crippen LogP contribution in [-0.4, -0.2) is 32.5 Å². The number of sulfonamides is 1. The third-order valence-corrected chi connectivity index (χ3v) is 3.99. The van der Waals surface area contributed by atoms with E-state index in [0.29, 0.717) is 9.33 Å². The largest absolute Gasteiger partial charge is 0.449 e.